The summed E-state index contributed by atoms with van der Waals surface area (Å²) in [5.74, 6) is 0.332. The molecule has 0 aliphatic carbocycles. The normalized spacial score (nSPS) is 13.4. The van der Waals surface area contributed by atoms with Crippen LogP contribution in [0, 0.1) is 12.7 Å². The predicted molar refractivity (Wildman–Crippen MR) is 96.9 cm³/mol. The Balaban J connectivity index is 1.87. The molecule has 3 aromatic rings. The standard InChI is InChI=1S/C19H14FN3S/c1-12-4-9-16-15(11-12)18(17-3-2-10-24-17)22-23-19(21-16)13-5-7-14(20)8-6-13/h2-11H,1H3,(H,21,23). The van der Waals surface area contributed by atoms with E-state index in [0.717, 1.165) is 33.0 Å². The number of hydrogen-bond donors (Lipinski definition) is 1. The van der Waals surface area contributed by atoms with Crippen molar-refractivity contribution in [3.8, 4) is 0 Å². The van der Waals surface area contributed by atoms with Crippen LogP contribution in [0.4, 0.5) is 10.1 Å². The average Bonchev–Trinajstić information content (AvgIpc) is 3.04. The number of fused-ring (bicyclic) bond motifs is 1. The second-order valence-corrected chi connectivity index (χ2v) is 6.49. The van der Waals surface area contributed by atoms with Crippen molar-refractivity contribution in [2.45, 2.75) is 6.92 Å². The molecule has 0 radical (unpaired) electrons. The second kappa shape index (κ2) is 6.02. The molecule has 0 saturated carbocycles. The number of amidine groups is 1. The van der Waals surface area contributed by atoms with Crippen molar-refractivity contribution in [3.63, 3.8) is 0 Å². The van der Waals surface area contributed by atoms with E-state index in [1.807, 2.05) is 29.6 Å². The Morgan fingerprint density at radius 3 is 2.62 bits per heavy atom. The number of aliphatic imine (C=N–C) groups is 1. The first-order valence-corrected chi connectivity index (χ1v) is 8.42. The van der Waals surface area contributed by atoms with Gasteiger partial charge in [-0.05, 0) is 54.8 Å². The molecule has 118 valence electrons. The summed E-state index contributed by atoms with van der Waals surface area (Å²) in [6.45, 7) is 2.05. The van der Waals surface area contributed by atoms with Crippen molar-refractivity contribution in [2.75, 3.05) is 0 Å². The molecule has 5 heteroatoms. The van der Waals surface area contributed by atoms with Crippen LogP contribution >= 0.6 is 11.3 Å². The van der Waals surface area contributed by atoms with Crippen LogP contribution in [0.15, 0.2) is 70.1 Å². The van der Waals surface area contributed by atoms with Gasteiger partial charge in [-0.15, -0.1) is 11.3 Å². The highest BCUT2D eigenvalue weighted by molar-refractivity contribution is 7.12. The summed E-state index contributed by atoms with van der Waals surface area (Å²) in [7, 11) is 0. The molecule has 0 fully saturated rings. The van der Waals surface area contributed by atoms with Crippen molar-refractivity contribution in [2.24, 2.45) is 10.1 Å². The lowest BCUT2D eigenvalue weighted by atomic mass is 10.0. The van der Waals surface area contributed by atoms with E-state index in [4.69, 9.17) is 4.99 Å². The number of nitrogens with one attached hydrogen (secondary N) is 1. The zero-order valence-corrected chi connectivity index (χ0v) is 13.8. The molecule has 0 bridgehead atoms. The summed E-state index contributed by atoms with van der Waals surface area (Å²) in [4.78, 5) is 5.79. The van der Waals surface area contributed by atoms with E-state index in [9.17, 15) is 4.39 Å². The fourth-order valence-electron chi connectivity index (χ4n) is 2.59. The summed E-state index contributed by atoms with van der Waals surface area (Å²) in [6.07, 6.45) is 0. The Hall–Kier alpha value is -2.79. The summed E-state index contributed by atoms with van der Waals surface area (Å²) in [5.41, 5.74) is 7.68. The van der Waals surface area contributed by atoms with Crippen molar-refractivity contribution < 1.29 is 4.39 Å². The van der Waals surface area contributed by atoms with Gasteiger partial charge in [0.2, 0.25) is 0 Å². The largest absolute Gasteiger partial charge is 0.260 e. The van der Waals surface area contributed by atoms with Crippen molar-refractivity contribution in [3.05, 3.63) is 87.4 Å². The topological polar surface area (TPSA) is 36.8 Å². The van der Waals surface area contributed by atoms with E-state index in [1.165, 1.54) is 12.1 Å². The first kappa shape index (κ1) is 14.8. The molecule has 0 atom stereocenters. The van der Waals surface area contributed by atoms with Gasteiger partial charge in [-0.2, -0.15) is 5.10 Å². The summed E-state index contributed by atoms with van der Waals surface area (Å²) in [5, 5.41) is 6.61. The van der Waals surface area contributed by atoms with Gasteiger partial charge in [-0.1, -0.05) is 17.7 Å². The molecule has 1 aromatic heterocycles. The van der Waals surface area contributed by atoms with Gasteiger partial charge in [-0.3, -0.25) is 5.43 Å². The van der Waals surface area contributed by atoms with Gasteiger partial charge in [0.1, 0.15) is 11.5 Å². The number of thiophene rings is 1. The third-order valence-corrected chi connectivity index (χ3v) is 4.66. The van der Waals surface area contributed by atoms with Gasteiger partial charge in [0.05, 0.1) is 10.6 Å². The quantitative estimate of drug-likeness (QED) is 0.728. The molecule has 1 N–H and O–H groups in total. The second-order valence-electron chi connectivity index (χ2n) is 5.54. The van der Waals surface area contributed by atoms with E-state index in [0.29, 0.717) is 5.84 Å². The maximum atomic E-state index is 13.2. The number of halogens is 1. The van der Waals surface area contributed by atoms with Crippen LogP contribution in [0.2, 0.25) is 0 Å². The van der Waals surface area contributed by atoms with E-state index in [2.05, 4.69) is 23.5 Å². The van der Waals surface area contributed by atoms with Crippen LogP contribution in [-0.4, -0.2) is 11.5 Å². The highest BCUT2D eigenvalue weighted by atomic mass is 32.1. The minimum Gasteiger partial charge on any atom is -0.260 e. The molecule has 0 amide bonds. The number of rotatable bonds is 2. The Labute approximate surface area is 143 Å². The first-order valence-electron chi connectivity index (χ1n) is 7.54. The lowest BCUT2D eigenvalue weighted by Gasteiger charge is -2.06. The van der Waals surface area contributed by atoms with Gasteiger partial charge in [0, 0.05) is 11.1 Å². The Bertz CT molecular complexity index is 941. The maximum absolute atomic E-state index is 13.2. The average molecular weight is 335 g/mol. The summed E-state index contributed by atoms with van der Waals surface area (Å²) >= 11 is 1.64. The van der Waals surface area contributed by atoms with Crippen molar-refractivity contribution in [1.82, 2.24) is 5.43 Å². The van der Waals surface area contributed by atoms with E-state index >= 15 is 0 Å². The molecule has 4 rings (SSSR count). The Morgan fingerprint density at radius 1 is 1.04 bits per heavy atom. The lowest BCUT2D eigenvalue weighted by molar-refractivity contribution is 0.627. The number of benzene rings is 2. The maximum Gasteiger partial charge on any atom is 0.154 e. The van der Waals surface area contributed by atoms with Crippen LogP contribution in [0.5, 0.6) is 0 Å². The van der Waals surface area contributed by atoms with Gasteiger partial charge < -0.3 is 0 Å². The molecule has 0 saturated heterocycles. The Morgan fingerprint density at radius 2 is 1.88 bits per heavy atom. The van der Waals surface area contributed by atoms with Gasteiger partial charge in [0.15, 0.2) is 5.84 Å². The zero-order valence-electron chi connectivity index (χ0n) is 13.0. The minimum atomic E-state index is -0.272. The van der Waals surface area contributed by atoms with Crippen LogP contribution in [0.25, 0.3) is 0 Å². The summed E-state index contributed by atoms with van der Waals surface area (Å²) < 4.78 is 13.2. The van der Waals surface area contributed by atoms with Crippen LogP contribution in [-0.2, 0) is 0 Å². The molecule has 1 aliphatic heterocycles. The fraction of sp³-hybridized carbons (Fsp3) is 0.0526. The highest BCUT2D eigenvalue weighted by Gasteiger charge is 2.18. The smallest absolute Gasteiger partial charge is 0.154 e. The number of hydrazone groups is 1. The lowest BCUT2D eigenvalue weighted by Crippen LogP contribution is -2.19. The fourth-order valence-corrected chi connectivity index (χ4v) is 3.32. The minimum absolute atomic E-state index is 0.272. The monoisotopic (exact) mass is 335 g/mol. The third-order valence-electron chi connectivity index (χ3n) is 3.79. The van der Waals surface area contributed by atoms with Crippen LogP contribution in [0.1, 0.15) is 21.6 Å². The first-order chi connectivity index (χ1) is 11.7. The van der Waals surface area contributed by atoms with Crippen LogP contribution < -0.4 is 5.43 Å². The zero-order chi connectivity index (χ0) is 16.5. The van der Waals surface area contributed by atoms with E-state index in [1.54, 1.807) is 23.5 Å². The molecule has 3 nitrogen and oxygen atoms in total. The van der Waals surface area contributed by atoms with Crippen molar-refractivity contribution in [1.29, 1.82) is 0 Å². The Kier molecular flexibility index (Phi) is 3.70. The van der Waals surface area contributed by atoms with Gasteiger partial charge in [-0.25, -0.2) is 9.38 Å². The molecule has 0 spiro atoms. The van der Waals surface area contributed by atoms with Crippen molar-refractivity contribution >= 4 is 28.6 Å². The van der Waals surface area contributed by atoms with E-state index in [-0.39, 0.29) is 5.82 Å². The summed E-state index contributed by atoms with van der Waals surface area (Å²) in [6, 6.07) is 16.4. The molecular formula is C19H14FN3S. The molecule has 0 unspecified atom stereocenters. The SMILES string of the molecule is Cc1ccc2c(c1)C(c1cccs1)=NNC(c1ccc(F)cc1)=N2. The molecule has 1 aliphatic rings. The molecule has 24 heavy (non-hydrogen) atoms. The predicted octanol–water partition coefficient (Wildman–Crippen LogP) is 4.63. The number of nitrogens with zero attached hydrogens (tertiary/aromatic N) is 2. The van der Waals surface area contributed by atoms with Gasteiger partial charge >= 0.3 is 0 Å². The number of hydrogen-bond acceptors (Lipinski definition) is 4. The van der Waals surface area contributed by atoms with Gasteiger partial charge in [0.25, 0.3) is 0 Å². The third kappa shape index (κ3) is 2.74. The highest BCUT2D eigenvalue weighted by Crippen LogP contribution is 2.28. The molecule has 2 aromatic carbocycles. The molecule has 2 heterocycles. The van der Waals surface area contributed by atoms with Crippen LogP contribution in [0.3, 0.4) is 0 Å². The molecular weight excluding hydrogens is 321 g/mol. The number of aryl methyl sites for hydroxylation is 1. The van der Waals surface area contributed by atoms with E-state index < -0.39 is 0 Å².